The summed E-state index contributed by atoms with van der Waals surface area (Å²) in [5.74, 6) is 7.05. The van der Waals surface area contributed by atoms with Crippen molar-refractivity contribution in [3.63, 3.8) is 0 Å². The van der Waals surface area contributed by atoms with Gasteiger partial charge >= 0.3 is 0 Å². The number of thioether (sulfide) groups is 1. The maximum atomic E-state index is 11.9. The number of nitrogens with one attached hydrogen (secondary N) is 2. The molecule has 4 N–H and O–H groups in total. The standard InChI is InChI=1S/C14H14N8O2S/c15-22-13(19-17-8-10-4-3-7-24-10)20-21-14(22)25-9-12(23)18-11-5-1-2-6-16-11/h1-8H,9,15H2,(H,19,20)(H,16,18,23)/b17-8+. The Balaban J connectivity index is 1.51. The Morgan fingerprint density at radius 2 is 2.28 bits per heavy atom. The van der Waals surface area contributed by atoms with Crippen molar-refractivity contribution in [3.8, 4) is 0 Å². The zero-order valence-corrected chi connectivity index (χ0v) is 13.7. The van der Waals surface area contributed by atoms with Crippen molar-refractivity contribution in [1.29, 1.82) is 0 Å². The van der Waals surface area contributed by atoms with Gasteiger partial charge in [0, 0.05) is 6.20 Å². The van der Waals surface area contributed by atoms with Crippen LogP contribution in [0.1, 0.15) is 5.76 Å². The number of amides is 1. The summed E-state index contributed by atoms with van der Waals surface area (Å²) in [6.45, 7) is 0. The smallest absolute Gasteiger partial charge is 0.264 e. The molecule has 3 aromatic heterocycles. The van der Waals surface area contributed by atoms with E-state index >= 15 is 0 Å². The summed E-state index contributed by atoms with van der Waals surface area (Å²) in [4.78, 5) is 15.9. The van der Waals surface area contributed by atoms with Gasteiger partial charge in [0.2, 0.25) is 11.1 Å². The number of furan rings is 1. The molecular formula is C14H14N8O2S. The lowest BCUT2D eigenvalue weighted by Crippen LogP contribution is -2.17. The van der Waals surface area contributed by atoms with Gasteiger partial charge in [-0.3, -0.25) is 4.79 Å². The van der Waals surface area contributed by atoms with Crippen molar-refractivity contribution in [2.75, 3.05) is 22.3 Å². The molecule has 3 heterocycles. The van der Waals surface area contributed by atoms with Gasteiger partial charge in [-0.15, -0.1) is 10.2 Å². The number of pyridine rings is 1. The number of nitrogens with zero attached hydrogens (tertiary/aromatic N) is 5. The number of nitrogens with two attached hydrogens (primary N) is 1. The molecule has 0 saturated carbocycles. The van der Waals surface area contributed by atoms with E-state index in [1.165, 1.54) is 17.2 Å². The van der Waals surface area contributed by atoms with Crippen LogP contribution in [0.15, 0.2) is 57.5 Å². The molecule has 0 bridgehead atoms. The molecule has 0 aliphatic heterocycles. The molecular weight excluding hydrogens is 344 g/mol. The van der Waals surface area contributed by atoms with Crippen molar-refractivity contribution in [1.82, 2.24) is 19.9 Å². The number of rotatable bonds is 7. The molecule has 0 saturated heterocycles. The van der Waals surface area contributed by atoms with Crippen LogP contribution in [0.25, 0.3) is 0 Å². The van der Waals surface area contributed by atoms with E-state index in [0.29, 0.717) is 16.7 Å². The number of carbonyl (C=O) groups is 1. The Kier molecular flexibility index (Phi) is 5.26. The van der Waals surface area contributed by atoms with E-state index in [4.69, 9.17) is 10.3 Å². The van der Waals surface area contributed by atoms with E-state index in [1.807, 2.05) is 0 Å². The second-order valence-corrected chi connectivity index (χ2v) is 5.56. The molecule has 0 aliphatic rings. The molecule has 128 valence electrons. The Morgan fingerprint density at radius 3 is 3.04 bits per heavy atom. The van der Waals surface area contributed by atoms with Gasteiger partial charge < -0.3 is 15.6 Å². The van der Waals surface area contributed by atoms with Gasteiger partial charge in [-0.1, -0.05) is 17.8 Å². The van der Waals surface area contributed by atoms with E-state index in [9.17, 15) is 4.79 Å². The Bertz CT molecular complexity index is 847. The molecule has 0 aliphatic carbocycles. The Hall–Kier alpha value is -3.34. The van der Waals surface area contributed by atoms with E-state index in [1.54, 1.807) is 36.5 Å². The molecule has 0 unspecified atom stereocenters. The van der Waals surface area contributed by atoms with Gasteiger partial charge in [0.25, 0.3) is 5.95 Å². The molecule has 11 heteroatoms. The number of hydrazone groups is 1. The third-order valence-electron chi connectivity index (χ3n) is 2.83. The van der Waals surface area contributed by atoms with Crippen LogP contribution in [0.2, 0.25) is 0 Å². The quantitative estimate of drug-likeness (QED) is 0.248. The zero-order chi connectivity index (χ0) is 17.5. The number of carbonyl (C=O) groups excluding carboxylic acids is 1. The van der Waals surface area contributed by atoms with E-state index in [2.05, 4.69) is 31.0 Å². The number of anilines is 2. The van der Waals surface area contributed by atoms with Gasteiger partial charge in [-0.05, 0) is 24.3 Å². The average molecular weight is 358 g/mol. The maximum absolute atomic E-state index is 11.9. The second-order valence-electron chi connectivity index (χ2n) is 4.61. The highest BCUT2D eigenvalue weighted by Gasteiger charge is 2.12. The van der Waals surface area contributed by atoms with Crippen LogP contribution >= 0.6 is 11.8 Å². The monoisotopic (exact) mass is 358 g/mol. The number of aromatic nitrogens is 4. The first-order chi connectivity index (χ1) is 12.2. The topological polar surface area (TPSA) is 136 Å². The van der Waals surface area contributed by atoms with Gasteiger partial charge in [0.15, 0.2) is 0 Å². The van der Waals surface area contributed by atoms with Crippen molar-refractivity contribution < 1.29 is 9.21 Å². The molecule has 0 radical (unpaired) electrons. The predicted octanol–water partition coefficient (Wildman–Crippen LogP) is 1.16. The second kappa shape index (κ2) is 7.97. The lowest BCUT2D eigenvalue weighted by atomic mass is 10.4. The lowest BCUT2D eigenvalue weighted by Gasteiger charge is -2.04. The van der Waals surface area contributed by atoms with Crippen LogP contribution in [-0.2, 0) is 4.79 Å². The SMILES string of the molecule is Nn1c(N/N=C/c2ccco2)nnc1SCC(=O)Nc1ccccn1. The summed E-state index contributed by atoms with van der Waals surface area (Å²) < 4.78 is 6.31. The van der Waals surface area contributed by atoms with Crippen molar-refractivity contribution >= 4 is 35.6 Å². The number of hydrogen-bond donors (Lipinski definition) is 3. The highest BCUT2D eigenvalue weighted by atomic mass is 32.2. The minimum Gasteiger partial charge on any atom is -0.463 e. The van der Waals surface area contributed by atoms with Crippen LogP contribution in [0.5, 0.6) is 0 Å². The predicted molar refractivity (Wildman–Crippen MR) is 93.7 cm³/mol. The fourth-order valence-electron chi connectivity index (χ4n) is 1.72. The summed E-state index contributed by atoms with van der Waals surface area (Å²) in [6.07, 6.45) is 4.61. The van der Waals surface area contributed by atoms with Crippen LogP contribution in [0.3, 0.4) is 0 Å². The zero-order valence-electron chi connectivity index (χ0n) is 12.9. The molecule has 0 spiro atoms. The first-order valence-corrected chi connectivity index (χ1v) is 8.07. The molecule has 0 fully saturated rings. The summed E-state index contributed by atoms with van der Waals surface area (Å²) in [6, 6.07) is 8.75. The van der Waals surface area contributed by atoms with E-state index < -0.39 is 0 Å². The van der Waals surface area contributed by atoms with E-state index in [-0.39, 0.29) is 17.6 Å². The first kappa shape index (κ1) is 16.5. The summed E-state index contributed by atoms with van der Waals surface area (Å²) in [5.41, 5.74) is 2.65. The number of hydrogen-bond acceptors (Lipinski definition) is 9. The molecule has 1 amide bonds. The van der Waals surface area contributed by atoms with Crippen molar-refractivity contribution in [2.45, 2.75) is 5.16 Å². The highest BCUT2D eigenvalue weighted by Crippen LogP contribution is 2.16. The maximum Gasteiger partial charge on any atom is 0.264 e. The van der Waals surface area contributed by atoms with Gasteiger partial charge in [-0.25, -0.2) is 15.1 Å². The third-order valence-corrected chi connectivity index (χ3v) is 3.77. The lowest BCUT2D eigenvalue weighted by molar-refractivity contribution is -0.113. The minimum absolute atomic E-state index is 0.113. The Labute approximate surface area is 146 Å². The summed E-state index contributed by atoms with van der Waals surface area (Å²) >= 11 is 1.14. The molecule has 3 aromatic rings. The fraction of sp³-hybridized carbons (Fsp3) is 0.0714. The van der Waals surface area contributed by atoms with Gasteiger partial charge in [0.05, 0.1) is 18.2 Å². The molecule has 0 atom stereocenters. The van der Waals surface area contributed by atoms with Gasteiger partial charge in [0.1, 0.15) is 11.6 Å². The molecule has 3 rings (SSSR count). The van der Waals surface area contributed by atoms with E-state index in [0.717, 1.165) is 11.8 Å². The van der Waals surface area contributed by atoms with Crippen LogP contribution in [-0.4, -0.2) is 37.7 Å². The van der Waals surface area contributed by atoms with Crippen LogP contribution < -0.4 is 16.6 Å². The minimum atomic E-state index is -0.225. The molecule has 25 heavy (non-hydrogen) atoms. The molecule has 0 aromatic carbocycles. The van der Waals surface area contributed by atoms with Crippen molar-refractivity contribution in [3.05, 3.63) is 48.6 Å². The highest BCUT2D eigenvalue weighted by molar-refractivity contribution is 7.99. The average Bonchev–Trinajstić information content (AvgIpc) is 3.25. The molecule has 10 nitrogen and oxygen atoms in total. The van der Waals surface area contributed by atoms with Gasteiger partial charge in [-0.2, -0.15) is 5.10 Å². The van der Waals surface area contributed by atoms with Crippen LogP contribution in [0, 0.1) is 0 Å². The summed E-state index contributed by atoms with van der Waals surface area (Å²) in [7, 11) is 0. The summed E-state index contributed by atoms with van der Waals surface area (Å²) in [5, 5.41) is 14.7. The Morgan fingerprint density at radius 1 is 1.36 bits per heavy atom. The van der Waals surface area contributed by atoms with Crippen LogP contribution in [0.4, 0.5) is 11.8 Å². The first-order valence-electron chi connectivity index (χ1n) is 7.09. The fourth-order valence-corrected chi connectivity index (χ4v) is 2.37. The van der Waals surface area contributed by atoms with Crippen molar-refractivity contribution in [2.24, 2.45) is 5.10 Å². The third kappa shape index (κ3) is 4.57. The normalized spacial score (nSPS) is 10.9. The number of nitrogen functional groups attached to an aromatic ring is 1. The largest absolute Gasteiger partial charge is 0.463 e.